The van der Waals surface area contributed by atoms with Crippen LogP contribution in [-0.4, -0.2) is 27.4 Å². The fourth-order valence-electron chi connectivity index (χ4n) is 2.85. The standard InChI is InChI=1S/C17H14ClN5O/c18-13-8-6-12(7-9-13)15-14(11-4-2-1-3-5-11)10-23(22-15)16-19-17(24)21-20-16/h1-9,14H,10H2,(H2,19,20,21,24)/t14-/m1/s1. The van der Waals surface area contributed by atoms with E-state index >= 15 is 0 Å². The summed E-state index contributed by atoms with van der Waals surface area (Å²) in [6, 6.07) is 17.8. The molecule has 2 aromatic carbocycles. The van der Waals surface area contributed by atoms with Gasteiger partial charge in [-0.15, -0.1) is 5.10 Å². The van der Waals surface area contributed by atoms with Crippen molar-refractivity contribution in [2.24, 2.45) is 5.10 Å². The van der Waals surface area contributed by atoms with Gasteiger partial charge in [-0.2, -0.15) is 5.10 Å². The van der Waals surface area contributed by atoms with Gasteiger partial charge in [-0.3, -0.25) is 4.98 Å². The molecule has 7 heteroatoms. The number of halogens is 1. The van der Waals surface area contributed by atoms with Crippen molar-refractivity contribution in [1.29, 1.82) is 0 Å². The normalized spacial score (nSPS) is 17.1. The van der Waals surface area contributed by atoms with Crippen LogP contribution >= 0.6 is 11.6 Å². The van der Waals surface area contributed by atoms with E-state index in [1.165, 1.54) is 0 Å². The van der Waals surface area contributed by atoms with Gasteiger partial charge in [0.1, 0.15) is 0 Å². The number of hydrazone groups is 1. The second-order valence-electron chi connectivity index (χ2n) is 5.54. The van der Waals surface area contributed by atoms with E-state index in [2.05, 4.69) is 32.4 Å². The molecule has 0 radical (unpaired) electrons. The van der Waals surface area contributed by atoms with Gasteiger partial charge in [-0.25, -0.2) is 14.9 Å². The third-order valence-corrected chi connectivity index (χ3v) is 4.24. The summed E-state index contributed by atoms with van der Waals surface area (Å²) < 4.78 is 0. The first kappa shape index (κ1) is 14.7. The minimum Gasteiger partial charge on any atom is -0.274 e. The molecule has 0 unspecified atom stereocenters. The Bertz CT molecular complexity index is 929. The van der Waals surface area contributed by atoms with Gasteiger partial charge >= 0.3 is 5.69 Å². The maximum absolute atomic E-state index is 11.3. The number of H-pyrrole nitrogens is 2. The molecule has 0 saturated heterocycles. The van der Waals surface area contributed by atoms with E-state index < -0.39 is 0 Å². The van der Waals surface area contributed by atoms with Crippen molar-refractivity contribution in [1.82, 2.24) is 15.2 Å². The SMILES string of the molecule is O=c1[nH]nc(N2C[C@H](c3ccccc3)C(c3ccc(Cl)cc3)=N2)[nH]1. The quantitative estimate of drug-likeness (QED) is 0.770. The minimum absolute atomic E-state index is 0.0765. The Balaban J connectivity index is 1.77. The molecule has 1 atom stereocenters. The summed E-state index contributed by atoms with van der Waals surface area (Å²) in [7, 11) is 0. The van der Waals surface area contributed by atoms with Gasteiger partial charge in [0, 0.05) is 10.9 Å². The first-order valence-corrected chi connectivity index (χ1v) is 7.90. The molecule has 2 heterocycles. The molecule has 6 nitrogen and oxygen atoms in total. The number of aromatic nitrogens is 3. The lowest BCUT2D eigenvalue weighted by Crippen LogP contribution is -2.19. The average Bonchev–Trinajstić information content (AvgIpc) is 3.23. The number of hydrogen-bond donors (Lipinski definition) is 2. The number of nitrogens with one attached hydrogen (secondary N) is 2. The Labute approximate surface area is 142 Å². The van der Waals surface area contributed by atoms with Crippen molar-refractivity contribution in [3.63, 3.8) is 0 Å². The van der Waals surface area contributed by atoms with Gasteiger partial charge in [0.2, 0.25) is 5.95 Å². The van der Waals surface area contributed by atoms with E-state index in [0.29, 0.717) is 17.5 Å². The van der Waals surface area contributed by atoms with Crippen molar-refractivity contribution >= 4 is 23.3 Å². The van der Waals surface area contributed by atoms with Crippen molar-refractivity contribution < 1.29 is 0 Å². The van der Waals surface area contributed by atoms with Gasteiger partial charge < -0.3 is 0 Å². The number of hydrogen-bond acceptors (Lipinski definition) is 4. The molecule has 0 aliphatic carbocycles. The lowest BCUT2D eigenvalue weighted by molar-refractivity contribution is 0.818. The molecule has 1 aliphatic rings. The van der Waals surface area contributed by atoms with Crippen LogP contribution in [0.5, 0.6) is 0 Å². The van der Waals surface area contributed by atoms with E-state index in [0.717, 1.165) is 16.8 Å². The predicted molar refractivity (Wildman–Crippen MR) is 93.7 cm³/mol. The summed E-state index contributed by atoms with van der Waals surface area (Å²) in [5, 5.41) is 13.4. The lowest BCUT2D eigenvalue weighted by Gasteiger charge is -2.14. The summed E-state index contributed by atoms with van der Waals surface area (Å²) in [4.78, 5) is 14.0. The molecule has 1 aromatic heterocycles. The average molecular weight is 340 g/mol. The molecule has 0 bridgehead atoms. The highest BCUT2D eigenvalue weighted by Crippen LogP contribution is 2.30. The molecule has 3 aromatic rings. The number of anilines is 1. The van der Waals surface area contributed by atoms with Crippen LogP contribution in [0.3, 0.4) is 0 Å². The molecular weight excluding hydrogens is 326 g/mol. The fraction of sp³-hybridized carbons (Fsp3) is 0.118. The molecule has 24 heavy (non-hydrogen) atoms. The van der Waals surface area contributed by atoms with E-state index in [-0.39, 0.29) is 11.6 Å². The summed E-state index contributed by atoms with van der Waals surface area (Å²) in [5.41, 5.74) is 2.72. The first-order chi connectivity index (χ1) is 11.7. The highest BCUT2D eigenvalue weighted by atomic mass is 35.5. The Morgan fingerprint density at radius 1 is 1.08 bits per heavy atom. The van der Waals surface area contributed by atoms with Gasteiger partial charge in [0.25, 0.3) is 0 Å². The van der Waals surface area contributed by atoms with Crippen LogP contribution in [-0.2, 0) is 0 Å². The zero-order valence-corrected chi connectivity index (χ0v) is 13.4. The largest absolute Gasteiger partial charge is 0.342 e. The van der Waals surface area contributed by atoms with Crippen LogP contribution < -0.4 is 10.7 Å². The highest BCUT2D eigenvalue weighted by Gasteiger charge is 2.31. The maximum atomic E-state index is 11.3. The Morgan fingerprint density at radius 3 is 2.50 bits per heavy atom. The molecule has 0 fully saturated rings. The molecule has 1 aliphatic heterocycles. The van der Waals surface area contributed by atoms with E-state index in [4.69, 9.17) is 11.6 Å². The van der Waals surface area contributed by atoms with E-state index in [1.807, 2.05) is 42.5 Å². The zero-order valence-electron chi connectivity index (χ0n) is 12.6. The molecule has 2 N–H and O–H groups in total. The van der Waals surface area contributed by atoms with E-state index in [1.54, 1.807) is 5.01 Å². The summed E-state index contributed by atoms with van der Waals surface area (Å²) in [5.74, 6) is 0.484. The topological polar surface area (TPSA) is 77.1 Å². The Hall–Kier alpha value is -2.86. The van der Waals surface area contributed by atoms with Crippen molar-refractivity contribution in [3.05, 3.63) is 81.2 Å². The molecule has 0 spiro atoms. The molecular formula is C17H14ClN5O. The number of benzene rings is 2. The van der Waals surface area contributed by atoms with Crippen LogP contribution in [0.4, 0.5) is 5.95 Å². The van der Waals surface area contributed by atoms with Gasteiger partial charge in [-0.1, -0.05) is 54.1 Å². The monoisotopic (exact) mass is 339 g/mol. The van der Waals surface area contributed by atoms with Crippen LogP contribution in [0, 0.1) is 0 Å². The van der Waals surface area contributed by atoms with E-state index in [9.17, 15) is 4.79 Å². The van der Waals surface area contributed by atoms with Crippen LogP contribution in [0.25, 0.3) is 0 Å². The summed E-state index contributed by atoms with van der Waals surface area (Å²) in [6.07, 6.45) is 0. The first-order valence-electron chi connectivity index (χ1n) is 7.52. The van der Waals surface area contributed by atoms with Crippen LogP contribution in [0.2, 0.25) is 5.02 Å². The second kappa shape index (κ2) is 5.98. The highest BCUT2D eigenvalue weighted by molar-refractivity contribution is 6.30. The third kappa shape index (κ3) is 2.72. The van der Waals surface area contributed by atoms with Gasteiger partial charge in [0.15, 0.2) is 0 Å². The van der Waals surface area contributed by atoms with Crippen molar-refractivity contribution in [2.45, 2.75) is 5.92 Å². The molecule has 0 amide bonds. The van der Waals surface area contributed by atoms with Crippen LogP contribution in [0.1, 0.15) is 17.0 Å². The second-order valence-corrected chi connectivity index (χ2v) is 5.98. The zero-order chi connectivity index (χ0) is 16.5. The summed E-state index contributed by atoms with van der Waals surface area (Å²) >= 11 is 5.99. The number of nitrogens with zero attached hydrogens (tertiary/aromatic N) is 3. The Kier molecular flexibility index (Phi) is 3.66. The van der Waals surface area contributed by atoms with Crippen molar-refractivity contribution in [3.8, 4) is 0 Å². The Morgan fingerprint density at radius 2 is 1.83 bits per heavy atom. The number of aromatic amines is 2. The minimum atomic E-state index is -0.351. The predicted octanol–water partition coefficient (Wildman–Crippen LogP) is 2.76. The lowest BCUT2D eigenvalue weighted by atomic mass is 9.91. The van der Waals surface area contributed by atoms with Gasteiger partial charge in [0.05, 0.1) is 12.3 Å². The number of rotatable bonds is 3. The third-order valence-electron chi connectivity index (χ3n) is 3.99. The summed E-state index contributed by atoms with van der Waals surface area (Å²) in [6.45, 7) is 0.600. The fourth-order valence-corrected chi connectivity index (χ4v) is 2.97. The smallest absolute Gasteiger partial charge is 0.274 e. The van der Waals surface area contributed by atoms with Crippen LogP contribution in [0.15, 0.2) is 64.5 Å². The van der Waals surface area contributed by atoms with Crippen molar-refractivity contribution in [2.75, 3.05) is 11.6 Å². The maximum Gasteiger partial charge on any atom is 0.342 e. The van der Waals surface area contributed by atoms with Gasteiger partial charge in [-0.05, 0) is 23.3 Å². The molecule has 4 rings (SSSR count). The molecule has 120 valence electrons. The molecule has 0 saturated carbocycles.